The zero-order chi connectivity index (χ0) is 22.7. The number of rotatable bonds is 7. The fourth-order valence-electron chi connectivity index (χ4n) is 5.18. The van der Waals surface area contributed by atoms with Crippen molar-refractivity contribution in [3.63, 3.8) is 0 Å². The molecule has 1 aliphatic carbocycles. The van der Waals surface area contributed by atoms with Gasteiger partial charge in [0.15, 0.2) is 0 Å². The van der Waals surface area contributed by atoms with E-state index >= 15 is 0 Å². The van der Waals surface area contributed by atoms with E-state index in [2.05, 4.69) is 53.4 Å². The molecule has 0 bridgehead atoms. The van der Waals surface area contributed by atoms with Crippen molar-refractivity contribution in [1.29, 1.82) is 0 Å². The predicted octanol–water partition coefficient (Wildman–Crippen LogP) is 4.99. The van der Waals surface area contributed by atoms with Crippen molar-refractivity contribution in [2.75, 3.05) is 26.2 Å². The Kier molecular flexibility index (Phi) is 7.95. The molecule has 0 radical (unpaired) electrons. The third-order valence-electron chi connectivity index (χ3n) is 7.19. The van der Waals surface area contributed by atoms with Crippen LogP contribution in [0.1, 0.15) is 36.0 Å². The van der Waals surface area contributed by atoms with Gasteiger partial charge in [0.05, 0.1) is 5.60 Å². The number of hydrogen-bond acceptors (Lipinski definition) is 4. The minimum atomic E-state index is -0.808. The maximum atomic E-state index is 11.3. The van der Waals surface area contributed by atoms with Crippen LogP contribution in [0.15, 0.2) is 72.8 Å². The number of halogens is 1. The fraction of sp³-hybridized carbons (Fsp3) is 0.379. The van der Waals surface area contributed by atoms with Crippen LogP contribution in [0.4, 0.5) is 0 Å². The van der Waals surface area contributed by atoms with Gasteiger partial charge in [-0.2, -0.15) is 0 Å². The third kappa shape index (κ3) is 5.64. The Bertz CT molecular complexity index is 1060. The number of aliphatic hydroxyl groups is 2. The molecular formula is C29H34ClNO3. The van der Waals surface area contributed by atoms with Crippen molar-refractivity contribution in [3.05, 3.63) is 89.5 Å². The Labute approximate surface area is 208 Å². The van der Waals surface area contributed by atoms with Crippen LogP contribution in [-0.4, -0.2) is 47.5 Å². The molecule has 0 amide bonds. The van der Waals surface area contributed by atoms with Crippen molar-refractivity contribution in [2.24, 2.45) is 0 Å². The first-order valence-corrected chi connectivity index (χ1v) is 12.1. The topological polar surface area (TPSA) is 52.9 Å². The number of nitrogens with zero attached hydrogens (tertiary/aromatic N) is 1. The molecule has 5 rings (SSSR count). The van der Waals surface area contributed by atoms with Crippen LogP contribution in [0.2, 0.25) is 0 Å². The molecule has 34 heavy (non-hydrogen) atoms. The Balaban J connectivity index is 0.00000274. The van der Waals surface area contributed by atoms with Gasteiger partial charge in [-0.25, -0.2) is 0 Å². The summed E-state index contributed by atoms with van der Waals surface area (Å²) in [5, 5.41) is 21.8. The number of ether oxygens (including phenoxy) is 1. The Hall–Kier alpha value is -2.37. The van der Waals surface area contributed by atoms with Gasteiger partial charge in [0, 0.05) is 19.6 Å². The lowest BCUT2D eigenvalue weighted by atomic mass is 9.83. The highest BCUT2D eigenvalue weighted by molar-refractivity contribution is 5.85. The maximum Gasteiger partial charge on any atom is 0.119 e. The second-order valence-corrected chi connectivity index (χ2v) is 9.52. The van der Waals surface area contributed by atoms with E-state index in [4.69, 9.17) is 4.74 Å². The summed E-state index contributed by atoms with van der Waals surface area (Å²) >= 11 is 0. The molecule has 1 heterocycles. The Morgan fingerprint density at radius 1 is 0.853 bits per heavy atom. The van der Waals surface area contributed by atoms with Crippen molar-refractivity contribution in [3.8, 4) is 16.9 Å². The number of aryl methyl sites for hydroxylation is 2. The van der Waals surface area contributed by atoms with Crippen LogP contribution >= 0.6 is 12.4 Å². The van der Waals surface area contributed by atoms with Crippen LogP contribution < -0.4 is 4.74 Å². The van der Waals surface area contributed by atoms with E-state index in [0.717, 1.165) is 42.8 Å². The highest BCUT2D eigenvalue weighted by Crippen LogP contribution is 2.34. The van der Waals surface area contributed by atoms with E-state index < -0.39 is 11.7 Å². The summed E-state index contributed by atoms with van der Waals surface area (Å²) in [6.07, 6.45) is 4.29. The van der Waals surface area contributed by atoms with E-state index in [1.54, 1.807) is 0 Å². The summed E-state index contributed by atoms with van der Waals surface area (Å²) in [6, 6.07) is 24.9. The van der Waals surface area contributed by atoms with E-state index in [1.807, 2.05) is 24.3 Å². The van der Waals surface area contributed by atoms with Gasteiger partial charge >= 0.3 is 0 Å². The molecule has 180 valence electrons. The number of β-amino-alcohol motifs (C(OH)–C–C–N with tert-alkyl or cyclic N) is 1. The molecule has 0 spiro atoms. The standard InChI is InChI=1S/C29H33NO3.ClH/c31-27(21-33-28-14-11-23-7-4-8-25(23)19-28)20-30-17-15-29(32,16-18-30)26-12-9-24(10-13-26)22-5-2-1-3-6-22;/h1-3,5-6,9-14,19,27,31-32H,4,7-8,15-18,20-21H2;1H. The first-order valence-electron chi connectivity index (χ1n) is 12.1. The molecule has 2 aliphatic rings. The fourth-order valence-corrected chi connectivity index (χ4v) is 5.18. The molecule has 5 heteroatoms. The van der Waals surface area contributed by atoms with Crippen LogP contribution in [-0.2, 0) is 18.4 Å². The first kappa shape index (κ1) is 24.7. The van der Waals surface area contributed by atoms with E-state index in [1.165, 1.54) is 23.1 Å². The van der Waals surface area contributed by atoms with Crippen LogP contribution in [0, 0.1) is 0 Å². The Morgan fingerprint density at radius 2 is 1.53 bits per heavy atom. The van der Waals surface area contributed by atoms with Gasteiger partial charge in [-0.05, 0) is 72.1 Å². The van der Waals surface area contributed by atoms with Crippen molar-refractivity contribution in [1.82, 2.24) is 4.90 Å². The summed E-state index contributed by atoms with van der Waals surface area (Å²) in [7, 11) is 0. The zero-order valence-corrected chi connectivity index (χ0v) is 20.3. The summed E-state index contributed by atoms with van der Waals surface area (Å²) in [5.74, 6) is 0.849. The van der Waals surface area contributed by atoms with Gasteiger partial charge in [-0.3, -0.25) is 0 Å². The quantitative estimate of drug-likeness (QED) is 0.501. The average Bonchev–Trinajstić information content (AvgIpc) is 3.33. The molecule has 2 N–H and O–H groups in total. The summed E-state index contributed by atoms with van der Waals surface area (Å²) < 4.78 is 5.87. The summed E-state index contributed by atoms with van der Waals surface area (Å²) in [5.41, 5.74) is 5.32. The number of likely N-dealkylation sites (tertiary alicyclic amines) is 1. The number of piperidine rings is 1. The lowest BCUT2D eigenvalue weighted by molar-refractivity contribution is -0.0372. The Morgan fingerprint density at radius 3 is 2.26 bits per heavy atom. The summed E-state index contributed by atoms with van der Waals surface area (Å²) in [6.45, 7) is 2.37. The van der Waals surface area contributed by atoms with Crippen LogP contribution in [0.3, 0.4) is 0 Å². The van der Waals surface area contributed by atoms with Gasteiger partial charge in [0.25, 0.3) is 0 Å². The van der Waals surface area contributed by atoms with Gasteiger partial charge in [-0.15, -0.1) is 12.4 Å². The lowest BCUT2D eigenvalue weighted by Crippen LogP contribution is -2.46. The minimum Gasteiger partial charge on any atom is -0.491 e. The van der Waals surface area contributed by atoms with E-state index in [-0.39, 0.29) is 12.4 Å². The third-order valence-corrected chi connectivity index (χ3v) is 7.19. The number of benzene rings is 3. The molecule has 1 unspecified atom stereocenters. The summed E-state index contributed by atoms with van der Waals surface area (Å²) in [4.78, 5) is 2.23. The SMILES string of the molecule is Cl.OC(COc1ccc2c(c1)CCC2)CN1CCC(O)(c2ccc(-c3ccccc3)cc2)CC1. The van der Waals surface area contributed by atoms with Crippen molar-refractivity contribution >= 4 is 12.4 Å². The van der Waals surface area contributed by atoms with E-state index in [9.17, 15) is 10.2 Å². The molecule has 1 fully saturated rings. The van der Waals surface area contributed by atoms with Gasteiger partial charge in [0.2, 0.25) is 0 Å². The maximum absolute atomic E-state index is 11.3. The van der Waals surface area contributed by atoms with Gasteiger partial charge in [-0.1, -0.05) is 60.7 Å². The highest BCUT2D eigenvalue weighted by atomic mass is 35.5. The highest BCUT2D eigenvalue weighted by Gasteiger charge is 2.34. The second-order valence-electron chi connectivity index (χ2n) is 9.52. The largest absolute Gasteiger partial charge is 0.491 e. The van der Waals surface area contributed by atoms with Gasteiger partial charge in [0.1, 0.15) is 18.5 Å². The number of hydrogen-bond donors (Lipinski definition) is 2. The zero-order valence-electron chi connectivity index (χ0n) is 19.5. The van der Waals surface area contributed by atoms with Crippen molar-refractivity contribution in [2.45, 2.75) is 43.8 Å². The molecule has 4 nitrogen and oxygen atoms in total. The normalized spacial score (nSPS) is 18.1. The van der Waals surface area contributed by atoms with Gasteiger partial charge < -0.3 is 19.8 Å². The van der Waals surface area contributed by atoms with Crippen molar-refractivity contribution < 1.29 is 14.9 Å². The van der Waals surface area contributed by atoms with Crippen LogP contribution in [0.25, 0.3) is 11.1 Å². The van der Waals surface area contributed by atoms with Crippen LogP contribution in [0.5, 0.6) is 5.75 Å². The molecule has 1 atom stereocenters. The van der Waals surface area contributed by atoms with E-state index in [0.29, 0.717) is 26.0 Å². The smallest absolute Gasteiger partial charge is 0.119 e. The molecule has 3 aromatic rings. The minimum absolute atomic E-state index is 0. The molecule has 3 aromatic carbocycles. The first-order chi connectivity index (χ1) is 16.1. The molecule has 1 saturated heterocycles. The second kappa shape index (κ2) is 10.9. The number of aliphatic hydroxyl groups excluding tert-OH is 1. The molecule has 0 saturated carbocycles. The molecule has 0 aromatic heterocycles. The average molecular weight is 480 g/mol. The lowest BCUT2D eigenvalue weighted by Gasteiger charge is -2.39. The molecular weight excluding hydrogens is 446 g/mol. The molecule has 1 aliphatic heterocycles. The number of fused-ring (bicyclic) bond motifs is 1. The predicted molar refractivity (Wildman–Crippen MR) is 139 cm³/mol. The monoisotopic (exact) mass is 479 g/mol.